The molecule has 0 saturated heterocycles. The summed E-state index contributed by atoms with van der Waals surface area (Å²) in [6.45, 7) is 4.00. The second-order valence-corrected chi connectivity index (χ2v) is 3.08. The molecular weight excluding hydrogens is 322 g/mol. The van der Waals surface area contributed by atoms with Crippen molar-refractivity contribution in [3.8, 4) is 0 Å². The van der Waals surface area contributed by atoms with Crippen LogP contribution >= 0.6 is 15.6 Å². The molecule has 94 valence electrons. The van der Waals surface area contributed by atoms with Crippen molar-refractivity contribution in [2.45, 2.75) is 13.8 Å². The minimum absolute atomic E-state index is 0. The van der Waals surface area contributed by atoms with Gasteiger partial charge in [-0.05, 0) is 0 Å². The van der Waals surface area contributed by atoms with Gasteiger partial charge in [0.15, 0.2) is 0 Å². The Morgan fingerprint density at radius 2 is 0.647 bits per heavy atom. The van der Waals surface area contributed by atoms with Crippen LogP contribution in [0.5, 0.6) is 0 Å². The van der Waals surface area contributed by atoms with Crippen LogP contribution in [0.1, 0.15) is 19.6 Å². The molecule has 0 aliphatic rings. The molecule has 0 atom stereocenters. The van der Waals surface area contributed by atoms with E-state index in [9.17, 15) is 0 Å². The van der Waals surface area contributed by atoms with Gasteiger partial charge >= 0.3 is 134 Å². The van der Waals surface area contributed by atoms with Crippen LogP contribution in [0.2, 0.25) is 0 Å². The molecule has 0 aliphatic heterocycles. The van der Waals surface area contributed by atoms with Crippen LogP contribution in [0.15, 0.2) is 0 Å². The topological polar surface area (TPSA) is 187 Å². The van der Waals surface area contributed by atoms with E-state index in [1.807, 2.05) is 13.8 Å². The second kappa shape index (κ2) is 28.4. The Morgan fingerprint density at radius 1 is 0.647 bits per heavy atom. The van der Waals surface area contributed by atoms with Gasteiger partial charge < -0.3 is 40.5 Å². The van der Waals surface area contributed by atoms with Gasteiger partial charge in [-0.3, -0.25) is 0 Å². The molecule has 15 heteroatoms. The summed E-state index contributed by atoms with van der Waals surface area (Å²) in [5, 5.41) is 0. The number of phosphoric acid groups is 2. The van der Waals surface area contributed by atoms with Crippen LogP contribution in [-0.4, -0.2) is 34.8 Å². The summed E-state index contributed by atoms with van der Waals surface area (Å²) in [4.78, 5) is 43.1. The molecule has 0 aromatic rings. The van der Waals surface area contributed by atoms with E-state index in [2.05, 4.69) is 0 Å². The maximum absolute atomic E-state index is 8.88. The van der Waals surface area contributed by atoms with Gasteiger partial charge in [0, 0.05) is 0 Å². The Hall–Kier alpha value is 4.18. The maximum Gasteiger partial charge on any atom is 1.00 e. The van der Waals surface area contributed by atoms with E-state index < -0.39 is 15.6 Å². The first-order valence-electron chi connectivity index (χ1n) is 2.57. The molecular formula is C2H18Na4O9P2. The van der Waals surface area contributed by atoms with Crippen molar-refractivity contribution in [2.24, 2.45) is 0 Å². The molecule has 17 heavy (non-hydrogen) atoms. The van der Waals surface area contributed by atoms with Crippen molar-refractivity contribution in [1.29, 1.82) is 0 Å². The van der Waals surface area contributed by atoms with Crippen LogP contribution in [0, 0.1) is 0 Å². The minimum atomic E-state index is -4.64. The molecule has 0 aromatic carbocycles. The Morgan fingerprint density at radius 3 is 0.647 bits per heavy atom. The maximum atomic E-state index is 8.88. The summed E-state index contributed by atoms with van der Waals surface area (Å²) >= 11 is 0. The minimum Gasteiger partial charge on any atom is -1.00 e. The molecule has 0 bridgehead atoms. The van der Waals surface area contributed by atoms with Gasteiger partial charge in [-0.15, -0.1) is 0 Å². The molecule has 0 rings (SSSR count). The van der Waals surface area contributed by atoms with E-state index in [0.717, 1.165) is 0 Å². The summed E-state index contributed by atoms with van der Waals surface area (Å²) in [6, 6.07) is 0. The van der Waals surface area contributed by atoms with Gasteiger partial charge in [-0.1, -0.05) is 13.8 Å². The van der Waals surface area contributed by atoms with Crippen LogP contribution in [0.3, 0.4) is 0 Å². The van der Waals surface area contributed by atoms with Gasteiger partial charge in [0.25, 0.3) is 0 Å². The summed E-state index contributed by atoms with van der Waals surface area (Å²) < 4.78 is 17.8. The second-order valence-electron chi connectivity index (χ2n) is 1.03. The van der Waals surface area contributed by atoms with Crippen LogP contribution in [0.25, 0.3) is 0 Å². The number of hydrogen-bond acceptors (Lipinski definition) is 2. The zero-order valence-corrected chi connectivity index (χ0v) is 20.7. The predicted molar refractivity (Wildman–Crippen MR) is 47.9 cm³/mol. The van der Waals surface area contributed by atoms with E-state index in [1.165, 1.54) is 0 Å². The van der Waals surface area contributed by atoms with Gasteiger partial charge in [-0.25, -0.2) is 9.13 Å². The fraction of sp³-hybridized carbons (Fsp3) is 1.00. The third-order valence-corrected chi connectivity index (χ3v) is 0. The van der Waals surface area contributed by atoms with Crippen molar-refractivity contribution in [2.75, 3.05) is 0 Å². The first-order chi connectivity index (χ1) is 5.00. The molecule has 0 heterocycles. The van der Waals surface area contributed by atoms with Gasteiger partial charge in [0.1, 0.15) is 0 Å². The first kappa shape index (κ1) is 49.7. The molecule has 0 aromatic heterocycles. The van der Waals surface area contributed by atoms with Crippen LogP contribution in [0.4, 0.5) is 0 Å². The summed E-state index contributed by atoms with van der Waals surface area (Å²) in [6.07, 6.45) is 0. The largest absolute Gasteiger partial charge is 1.00 e. The zero-order chi connectivity index (χ0) is 11.0. The van der Waals surface area contributed by atoms with Crippen LogP contribution in [-0.2, 0) is 9.13 Å². The molecule has 0 saturated carbocycles. The summed E-state index contributed by atoms with van der Waals surface area (Å²) in [5.41, 5.74) is 0. The Bertz CT molecular complexity index is 156. The number of hydrogen-bond donors (Lipinski definition) is 6. The molecule has 0 fully saturated rings. The quantitative estimate of drug-likeness (QED) is 0.185. The van der Waals surface area contributed by atoms with Crippen molar-refractivity contribution >= 4 is 15.6 Å². The van der Waals surface area contributed by atoms with Crippen molar-refractivity contribution in [3.63, 3.8) is 0 Å². The first-order valence-corrected chi connectivity index (χ1v) is 5.70. The molecule has 0 spiro atoms. The molecule has 0 unspecified atom stereocenters. The Kier molecular flexibility index (Phi) is 82.8. The van der Waals surface area contributed by atoms with Crippen molar-refractivity contribution in [1.82, 2.24) is 0 Å². The molecule has 9 nitrogen and oxygen atoms in total. The fourth-order valence-electron chi connectivity index (χ4n) is 0. The monoisotopic (exact) mass is 340 g/mol. The molecule has 0 aliphatic carbocycles. The molecule has 0 amide bonds. The van der Waals surface area contributed by atoms with Crippen molar-refractivity contribution < 1.29 is 168 Å². The predicted octanol–water partition coefficient (Wildman–Crippen LogP) is -13.2. The summed E-state index contributed by atoms with van der Waals surface area (Å²) in [7, 11) is -9.28. The fourth-order valence-corrected chi connectivity index (χ4v) is 0. The third kappa shape index (κ3) is 382. The smallest absolute Gasteiger partial charge is 1.00 e. The van der Waals surface area contributed by atoms with E-state index in [-0.39, 0.29) is 129 Å². The molecule has 8 N–H and O–H groups in total. The molecule has 0 radical (unpaired) electrons. The normalized spacial score (nSPS) is 7.29. The van der Waals surface area contributed by atoms with Gasteiger partial charge in [-0.2, -0.15) is 0 Å². The third-order valence-electron chi connectivity index (χ3n) is 0. The standard InChI is InChI=1S/C2H6.4Na.2H3O4P.H2O.4H/c1-2;;;;;2*1-5(2,3)4;;;;;/h1-2H3;;;;;2*(H3,1,2,3,4);1H2;;;;/q;4*+1;;;;4*-1. The van der Waals surface area contributed by atoms with E-state index in [4.69, 9.17) is 38.5 Å². The van der Waals surface area contributed by atoms with Gasteiger partial charge in [0.2, 0.25) is 0 Å². The summed E-state index contributed by atoms with van der Waals surface area (Å²) in [5.74, 6) is 0. The van der Waals surface area contributed by atoms with Crippen LogP contribution < -0.4 is 118 Å². The van der Waals surface area contributed by atoms with Gasteiger partial charge in [0.05, 0.1) is 0 Å². The Balaban J connectivity index is -0.00000000497. The van der Waals surface area contributed by atoms with Crippen molar-refractivity contribution in [3.05, 3.63) is 0 Å². The van der Waals surface area contributed by atoms with E-state index in [0.29, 0.717) is 0 Å². The SMILES string of the molecule is CC.O.O=P(O)(O)O.O=P(O)(O)O.[H-].[H-].[H-].[H-].[Na+].[Na+].[Na+].[Na+]. The average molecular weight is 340 g/mol. The number of rotatable bonds is 0. The van der Waals surface area contributed by atoms with E-state index in [1.54, 1.807) is 0 Å². The zero-order valence-electron chi connectivity index (χ0n) is 14.9. The average Bonchev–Trinajstić information content (AvgIpc) is 1.59. The Labute approximate surface area is 194 Å². The van der Waals surface area contributed by atoms with E-state index >= 15 is 0 Å².